The van der Waals surface area contributed by atoms with Gasteiger partial charge in [0, 0.05) is 12.2 Å². The molecule has 1 aromatic carbocycles. The summed E-state index contributed by atoms with van der Waals surface area (Å²) in [6.07, 6.45) is 1.17. The summed E-state index contributed by atoms with van der Waals surface area (Å²) in [6.45, 7) is 5.69. The third-order valence-electron chi connectivity index (χ3n) is 3.12. The Balaban J connectivity index is 2.81. The van der Waals surface area contributed by atoms with Crippen LogP contribution in [0.3, 0.4) is 0 Å². The van der Waals surface area contributed by atoms with Gasteiger partial charge in [-0.1, -0.05) is 26.0 Å². The number of nitrogens with zero attached hydrogens (tertiary/aromatic N) is 1. The second kappa shape index (κ2) is 5.90. The number of nitrogens with two attached hydrogens (primary N) is 1. The number of rotatable bonds is 5. The third-order valence-corrected chi connectivity index (χ3v) is 3.12. The Morgan fingerprint density at radius 2 is 2.00 bits per heavy atom. The van der Waals surface area contributed by atoms with Crippen molar-refractivity contribution in [2.24, 2.45) is 5.92 Å². The Kier molecular flexibility index (Phi) is 4.81. The van der Waals surface area contributed by atoms with Crippen LogP contribution in [0.25, 0.3) is 0 Å². The molecule has 0 saturated carbocycles. The molecule has 0 spiro atoms. The molecule has 2 nitrogen and oxygen atoms in total. The molecule has 90 valence electrons. The quantitative estimate of drug-likeness (QED) is 0.773. The van der Waals surface area contributed by atoms with E-state index in [1.165, 1.54) is 12.0 Å². The first-order chi connectivity index (χ1) is 7.54. The van der Waals surface area contributed by atoms with Crippen molar-refractivity contribution in [3.05, 3.63) is 29.8 Å². The van der Waals surface area contributed by atoms with Crippen LogP contribution in [0.15, 0.2) is 24.3 Å². The molecule has 1 aromatic rings. The highest BCUT2D eigenvalue weighted by molar-refractivity contribution is 5.42. The molecule has 0 fully saturated rings. The fraction of sp³-hybridized carbons (Fsp3) is 0.571. The van der Waals surface area contributed by atoms with E-state index in [4.69, 9.17) is 5.73 Å². The van der Waals surface area contributed by atoms with Gasteiger partial charge in [0.05, 0.1) is 0 Å². The SMILES string of the molecule is CC[C@@H](c1cccc(N)c1)[C@@H](C)CN(C)C. The van der Waals surface area contributed by atoms with Crippen molar-refractivity contribution in [3.63, 3.8) is 0 Å². The molecule has 0 saturated heterocycles. The van der Waals surface area contributed by atoms with Gasteiger partial charge >= 0.3 is 0 Å². The van der Waals surface area contributed by atoms with Gasteiger partial charge in [0.15, 0.2) is 0 Å². The Morgan fingerprint density at radius 1 is 1.31 bits per heavy atom. The van der Waals surface area contributed by atoms with Crippen LogP contribution in [0.4, 0.5) is 5.69 Å². The first-order valence-electron chi connectivity index (χ1n) is 6.04. The Morgan fingerprint density at radius 3 is 2.50 bits per heavy atom. The van der Waals surface area contributed by atoms with E-state index in [1.807, 2.05) is 6.07 Å². The first-order valence-corrected chi connectivity index (χ1v) is 6.04. The van der Waals surface area contributed by atoms with E-state index in [2.05, 4.69) is 51.0 Å². The summed E-state index contributed by atoms with van der Waals surface area (Å²) in [5.41, 5.74) is 8.08. The van der Waals surface area contributed by atoms with Crippen LogP contribution in [0, 0.1) is 5.92 Å². The van der Waals surface area contributed by atoms with Gasteiger partial charge in [0.2, 0.25) is 0 Å². The summed E-state index contributed by atoms with van der Waals surface area (Å²) < 4.78 is 0. The average molecular weight is 220 g/mol. The minimum absolute atomic E-state index is 0.603. The lowest BCUT2D eigenvalue weighted by Gasteiger charge is -2.26. The smallest absolute Gasteiger partial charge is 0.0316 e. The lowest BCUT2D eigenvalue weighted by Crippen LogP contribution is -2.24. The van der Waals surface area contributed by atoms with E-state index in [0.29, 0.717) is 11.8 Å². The molecule has 2 N–H and O–H groups in total. The van der Waals surface area contributed by atoms with Crippen LogP contribution in [0.2, 0.25) is 0 Å². The zero-order valence-corrected chi connectivity index (χ0v) is 10.9. The van der Waals surface area contributed by atoms with Crippen LogP contribution < -0.4 is 5.73 Å². The molecule has 1 rings (SSSR count). The molecule has 0 heterocycles. The molecule has 0 bridgehead atoms. The molecule has 2 atom stereocenters. The zero-order chi connectivity index (χ0) is 12.1. The van der Waals surface area contributed by atoms with Crippen LogP contribution in [-0.4, -0.2) is 25.5 Å². The van der Waals surface area contributed by atoms with Crippen molar-refractivity contribution >= 4 is 5.69 Å². The number of nitrogen functional groups attached to an aromatic ring is 1. The van der Waals surface area contributed by atoms with Crippen molar-refractivity contribution in [3.8, 4) is 0 Å². The predicted molar refractivity (Wildman–Crippen MR) is 71.6 cm³/mol. The van der Waals surface area contributed by atoms with E-state index in [0.717, 1.165) is 12.2 Å². The van der Waals surface area contributed by atoms with E-state index >= 15 is 0 Å². The fourth-order valence-electron chi connectivity index (χ4n) is 2.46. The van der Waals surface area contributed by atoms with Crippen molar-refractivity contribution in [1.82, 2.24) is 4.90 Å². The zero-order valence-electron chi connectivity index (χ0n) is 10.9. The highest BCUT2D eigenvalue weighted by atomic mass is 15.1. The summed E-state index contributed by atoms with van der Waals surface area (Å²) in [4.78, 5) is 2.25. The standard InChI is InChI=1S/C14H24N2/c1-5-14(11(2)10-16(3)4)12-7-6-8-13(15)9-12/h6-9,11,14H,5,10,15H2,1-4H3/t11-,14+/m0/s1. The van der Waals surface area contributed by atoms with Gasteiger partial charge in [-0.15, -0.1) is 0 Å². The molecule has 0 amide bonds. The molecule has 0 aliphatic carbocycles. The maximum atomic E-state index is 5.84. The monoisotopic (exact) mass is 220 g/mol. The van der Waals surface area contributed by atoms with Crippen LogP contribution >= 0.6 is 0 Å². The molecule has 16 heavy (non-hydrogen) atoms. The first kappa shape index (κ1) is 13.0. The normalized spacial score (nSPS) is 15.1. The summed E-state index contributed by atoms with van der Waals surface area (Å²) >= 11 is 0. The number of hydrogen-bond acceptors (Lipinski definition) is 2. The maximum absolute atomic E-state index is 5.84. The van der Waals surface area contributed by atoms with Gasteiger partial charge in [0.1, 0.15) is 0 Å². The second-order valence-electron chi connectivity index (χ2n) is 4.92. The van der Waals surface area contributed by atoms with Gasteiger partial charge in [-0.3, -0.25) is 0 Å². The number of anilines is 1. The summed E-state index contributed by atoms with van der Waals surface area (Å²) in [5.74, 6) is 1.26. The van der Waals surface area contributed by atoms with E-state index < -0.39 is 0 Å². The van der Waals surface area contributed by atoms with Gasteiger partial charge in [0.25, 0.3) is 0 Å². The van der Waals surface area contributed by atoms with Crippen LogP contribution in [0.5, 0.6) is 0 Å². The average Bonchev–Trinajstić information content (AvgIpc) is 2.17. The Bertz CT molecular complexity index is 320. The van der Waals surface area contributed by atoms with Gasteiger partial charge in [-0.2, -0.15) is 0 Å². The molecule has 0 unspecified atom stereocenters. The number of benzene rings is 1. The van der Waals surface area contributed by atoms with Gasteiger partial charge in [-0.05, 0) is 50.0 Å². The minimum Gasteiger partial charge on any atom is -0.399 e. The predicted octanol–water partition coefficient (Wildman–Crippen LogP) is 2.96. The Labute approximate surface area is 99.5 Å². The molecule has 0 aliphatic rings. The molecule has 2 heteroatoms. The maximum Gasteiger partial charge on any atom is 0.0316 e. The molecular weight excluding hydrogens is 196 g/mol. The second-order valence-corrected chi connectivity index (χ2v) is 4.92. The van der Waals surface area contributed by atoms with E-state index in [9.17, 15) is 0 Å². The van der Waals surface area contributed by atoms with Gasteiger partial charge < -0.3 is 10.6 Å². The lowest BCUT2D eigenvalue weighted by molar-refractivity contribution is 0.301. The number of hydrogen-bond donors (Lipinski definition) is 1. The molecule has 0 aromatic heterocycles. The van der Waals surface area contributed by atoms with Crippen LogP contribution in [0.1, 0.15) is 31.7 Å². The molecule has 0 aliphatic heterocycles. The van der Waals surface area contributed by atoms with Crippen LogP contribution in [-0.2, 0) is 0 Å². The lowest BCUT2D eigenvalue weighted by atomic mass is 9.85. The van der Waals surface area contributed by atoms with Crippen molar-refractivity contribution in [2.75, 3.05) is 26.4 Å². The van der Waals surface area contributed by atoms with Gasteiger partial charge in [-0.25, -0.2) is 0 Å². The van der Waals surface area contributed by atoms with E-state index in [-0.39, 0.29) is 0 Å². The fourth-order valence-corrected chi connectivity index (χ4v) is 2.46. The van der Waals surface area contributed by atoms with Crippen molar-refractivity contribution in [2.45, 2.75) is 26.2 Å². The molecule has 0 radical (unpaired) electrons. The van der Waals surface area contributed by atoms with Crippen molar-refractivity contribution < 1.29 is 0 Å². The van der Waals surface area contributed by atoms with E-state index in [1.54, 1.807) is 0 Å². The minimum atomic E-state index is 0.603. The molecular formula is C14H24N2. The summed E-state index contributed by atoms with van der Waals surface area (Å²) in [5, 5.41) is 0. The topological polar surface area (TPSA) is 29.3 Å². The third kappa shape index (κ3) is 3.53. The highest BCUT2D eigenvalue weighted by Crippen LogP contribution is 2.29. The Hall–Kier alpha value is -1.02. The highest BCUT2D eigenvalue weighted by Gasteiger charge is 2.18. The van der Waals surface area contributed by atoms with Crippen molar-refractivity contribution in [1.29, 1.82) is 0 Å². The summed E-state index contributed by atoms with van der Waals surface area (Å²) in [6, 6.07) is 8.31. The largest absolute Gasteiger partial charge is 0.399 e. The summed E-state index contributed by atoms with van der Waals surface area (Å²) in [7, 11) is 4.26.